The van der Waals surface area contributed by atoms with Crippen LogP contribution in [0.1, 0.15) is 5.56 Å². The average Bonchev–Trinajstić information content (AvgIpc) is 2.45. The molecule has 0 saturated carbocycles. The molecule has 0 saturated heterocycles. The first kappa shape index (κ1) is 12.8. The molecule has 0 atom stereocenters. The van der Waals surface area contributed by atoms with Crippen LogP contribution in [-0.4, -0.2) is 18.2 Å². The molecule has 0 fully saturated rings. The van der Waals surface area contributed by atoms with Crippen molar-refractivity contribution in [1.82, 2.24) is 0 Å². The Hall–Kier alpha value is -2.69. The molecule has 0 aliphatic rings. The minimum absolute atomic E-state index is 0.000445. The minimum Gasteiger partial charge on any atom is -0.399 e. The van der Waals surface area contributed by atoms with Crippen molar-refractivity contribution in [3.8, 4) is 11.1 Å². The van der Waals surface area contributed by atoms with Gasteiger partial charge in [-0.3, -0.25) is 10.1 Å². The summed E-state index contributed by atoms with van der Waals surface area (Å²) in [6, 6.07) is 14.5. The molecular weight excluding hydrogens is 244 g/mol. The molecule has 0 bridgehead atoms. The lowest BCUT2D eigenvalue weighted by atomic mass is 10.0. The van der Waals surface area contributed by atoms with Gasteiger partial charge in [-0.15, -0.1) is 0 Å². The topological polar surface area (TPSA) is 64.7 Å². The van der Waals surface area contributed by atoms with Gasteiger partial charge in [0.1, 0.15) is 7.11 Å². The molecule has 0 amide bonds. The summed E-state index contributed by atoms with van der Waals surface area (Å²) < 4.78 is 0. The van der Waals surface area contributed by atoms with Crippen LogP contribution in [0, 0.1) is 10.1 Å². The SMILES string of the molecule is CO/N=C/c1cc(-c2ccccc2)ccc1[N+](=O)[O-]. The highest BCUT2D eigenvalue weighted by Gasteiger charge is 2.13. The van der Waals surface area contributed by atoms with Gasteiger partial charge in [0.2, 0.25) is 0 Å². The highest BCUT2D eigenvalue weighted by molar-refractivity contribution is 5.87. The summed E-state index contributed by atoms with van der Waals surface area (Å²) in [7, 11) is 1.39. The molecule has 19 heavy (non-hydrogen) atoms. The van der Waals surface area contributed by atoms with Crippen molar-refractivity contribution in [2.24, 2.45) is 5.16 Å². The van der Waals surface area contributed by atoms with E-state index in [1.807, 2.05) is 30.3 Å². The van der Waals surface area contributed by atoms with Crippen molar-refractivity contribution < 1.29 is 9.76 Å². The van der Waals surface area contributed by atoms with Crippen LogP contribution in [0.5, 0.6) is 0 Å². The number of nitro groups is 1. The first-order valence-corrected chi connectivity index (χ1v) is 5.63. The van der Waals surface area contributed by atoms with Crippen LogP contribution in [0.2, 0.25) is 0 Å². The maximum absolute atomic E-state index is 10.9. The Morgan fingerprint density at radius 2 is 1.89 bits per heavy atom. The van der Waals surface area contributed by atoms with Crippen LogP contribution in [0.4, 0.5) is 5.69 Å². The maximum atomic E-state index is 10.9. The zero-order valence-electron chi connectivity index (χ0n) is 10.3. The predicted octanol–water partition coefficient (Wildman–Crippen LogP) is 3.24. The number of benzene rings is 2. The number of hydrogen-bond donors (Lipinski definition) is 0. The van der Waals surface area contributed by atoms with Crippen molar-refractivity contribution in [2.45, 2.75) is 0 Å². The van der Waals surface area contributed by atoms with Gasteiger partial charge in [0.15, 0.2) is 0 Å². The molecule has 0 unspecified atom stereocenters. The second-order valence-corrected chi connectivity index (χ2v) is 3.81. The summed E-state index contributed by atoms with van der Waals surface area (Å²) in [5.74, 6) is 0. The van der Waals surface area contributed by atoms with Gasteiger partial charge in [0.05, 0.1) is 16.7 Å². The molecule has 0 aliphatic carbocycles. The van der Waals surface area contributed by atoms with E-state index in [1.54, 1.807) is 12.1 Å². The minimum atomic E-state index is -0.439. The monoisotopic (exact) mass is 256 g/mol. The van der Waals surface area contributed by atoms with Gasteiger partial charge >= 0.3 is 0 Å². The van der Waals surface area contributed by atoms with Crippen LogP contribution in [0.15, 0.2) is 53.7 Å². The van der Waals surface area contributed by atoms with Gasteiger partial charge in [-0.05, 0) is 23.3 Å². The van der Waals surface area contributed by atoms with Gasteiger partial charge in [-0.25, -0.2) is 0 Å². The fourth-order valence-corrected chi connectivity index (χ4v) is 1.74. The number of nitro benzene ring substituents is 1. The van der Waals surface area contributed by atoms with Crippen LogP contribution < -0.4 is 0 Å². The van der Waals surface area contributed by atoms with E-state index in [0.717, 1.165) is 11.1 Å². The first-order chi connectivity index (χ1) is 9.22. The average molecular weight is 256 g/mol. The molecule has 0 aliphatic heterocycles. The van der Waals surface area contributed by atoms with Crippen LogP contribution in [0.3, 0.4) is 0 Å². The highest BCUT2D eigenvalue weighted by atomic mass is 16.6. The second kappa shape index (κ2) is 5.77. The fraction of sp³-hybridized carbons (Fsp3) is 0.0714. The zero-order valence-corrected chi connectivity index (χ0v) is 10.3. The van der Waals surface area contributed by atoms with Gasteiger partial charge in [-0.1, -0.05) is 35.5 Å². The molecule has 5 nitrogen and oxygen atoms in total. The fourth-order valence-electron chi connectivity index (χ4n) is 1.74. The second-order valence-electron chi connectivity index (χ2n) is 3.81. The summed E-state index contributed by atoms with van der Waals surface area (Å²) in [6.45, 7) is 0. The van der Waals surface area contributed by atoms with E-state index in [2.05, 4.69) is 9.99 Å². The summed E-state index contributed by atoms with van der Waals surface area (Å²) in [5.41, 5.74) is 2.29. The third-order valence-corrected chi connectivity index (χ3v) is 2.63. The Bertz CT molecular complexity index is 609. The molecule has 0 N–H and O–H groups in total. The molecule has 2 rings (SSSR count). The summed E-state index contributed by atoms with van der Waals surface area (Å²) in [6.07, 6.45) is 1.34. The quantitative estimate of drug-likeness (QED) is 0.479. The van der Waals surface area contributed by atoms with Gasteiger partial charge in [-0.2, -0.15) is 0 Å². The molecule has 0 aromatic heterocycles. The predicted molar refractivity (Wildman–Crippen MR) is 73.1 cm³/mol. The molecule has 0 heterocycles. The Morgan fingerprint density at radius 3 is 2.53 bits per heavy atom. The number of rotatable bonds is 4. The van der Waals surface area contributed by atoms with Gasteiger partial charge in [0.25, 0.3) is 5.69 Å². The van der Waals surface area contributed by atoms with Gasteiger partial charge < -0.3 is 4.84 Å². The molecule has 0 spiro atoms. The van der Waals surface area contributed by atoms with Gasteiger partial charge in [0, 0.05) is 6.07 Å². The third-order valence-electron chi connectivity index (χ3n) is 2.63. The zero-order chi connectivity index (χ0) is 13.7. The number of hydrogen-bond acceptors (Lipinski definition) is 4. The van der Waals surface area contributed by atoms with Crippen molar-refractivity contribution in [2.75, 3.05) is 7.11 Å². The van der Waals surface area contributed by atoms with E-state index in [1.165, 1.54) is 19.4 Å². The van der Waals surface area contributed by atoms with Crippen LogP contribution in [-0.2, 0) is 4.84 Å². The van der Waals surface area contributed by atoms with Crippen molar-refractivity contribution in [1.29, 1.82) is 0 Å². The molecule has 2 aromatic carbocycles. The standard InChI is InChI=1S/C14H12N2O3/c1-19-15-10-13-9-12(7-8-14(13)16(17)18)11-5-3-2-4-6-11/h2-10H,1H3/b15-10+. The van der Waals surface area contributed by atoms with E-state index in [0.29, 0.717) is 5.56 Å². The molecule has 5 heteroatoms. The summed E-state index contributed by atoms with van der Waals surface area (Å²) >= 11 is 0. The lowest BCUT2D eigenvalue weighted by Crippen LogP contribution is -1.95. The van der Waals surface area contributed by atoms with Crippen molar-refractivity contribution >= 4 is 11.9 Å². The van der Waals surface area contributed by atoms with Crippen LogP contribution in [0.25, 0.3) is 11.1 Å². The Balaban J connectivity index is 2.49. The normalized spacial score (nSPS) is 10.6. The van der Waals surface area contributed by atoms with E-state index >= 15 is 0 Å². The first-order valence-electron chi connectivity index (χ1n) is 5.63. The third kappa shape index (κ3) is 2.95. The van der Waals surface area contributed by atoms with E-state index in [4.69, 9.17) is 0 Å². The highest BCUT2D eigenvalue weighted by Crippen LogP contribution is 2.25. The van der Waals surface area contributed by atoms with E-state index in [9.17, 15) is 10.1 Å². The van der Waals surface area contributed by atoms with E-state index < -0.39 is 4.92 Å². The lowest BCUT2D eigenvalue weighted by molar-refractivity contribution is -0.385. The van der Waals surface area contributed by atoms with Crippen molar-refractivity contribution in [3.63, 3.8) is 0 Å². The molecule has 96 valence electrons. The lowest BCUT2D eigenvalue weighted by Gasteiger charge is -2.03. The maximum Gasteiger partial charge on any atom is 0.278 e. The Morgan fingerprint density at radius 1 is 1.16 bits per heavy atom. The number of oxime groups is 1. The molecule has 2 aromatic rings. The summed E-state index contributed by atoms with van der Waals surface area (Å²) in [5, 5.41) is 14.5. The van der Waals surface area contributed by atoms with E-state index in [-0.39, 0.29) is 5.69 Å². The molecular formula is C14H12N2O3. The smallest absolute Gasteiger partial charge is 0.278 e. The number of nitrogens with zero attached hydrogens (tertiary/aromatic N) is 2. The Labute approximate surface area is 110 Å². The largest absolute Gasteiger partial charge is 0.399 e. The molecule has 0 radical (unpaired) electrons. The summed E-state index contributed by atoms with van der Waals surface area (Å²) in [4.78, 5) is 15.1. The van der Waals surface area contributed by atoms with Crippen LogP contribution >= 0.6 is 0 Å². The Kier molecular flexibility index (Phi) is 3.87. The van der Waals surface area contributed by atoms with Crippen molar-refractivity contribution in [3.05, 3.63) is 64.2 Å².